The van der Waals surface area contributed by atoms with Gasteiger partial charge in [0.1, 0.15) is 6.10 Å². The molecule has 10 heteroatoms. The van der Waals surface area contributed by atoms with Crippen LogP contribution in [0.5, 0.6) is 0 Å². The molecule has 0 bridgehead atoms. The van der Waals surface area contributed by atoms with E-state index in [0.717, 1.165) is 29.9 Å². The van der Waals surface area contributed by atoms with Crippen LogP contribution in [0.4, 0.5) is 21.0 Å². The van der Waals surface area contributed by atoms with Crippen molar-refractivity contribution in [3.8, 4) is 0 Å². The number of hydrogen-bond donors (Lipinski definition) is 3. The number of carboxylic acids is 1. The van der Waals surface area contributed by atoms with Gasteiger partial charge in [-0.05, 0) is 56.5 Å². The van der Waals surface area contributed by atoms with E-state index in [1.807, 2.05) is 74.2 Å². The van der Waals surface area contributed by atoms with E-state index >= 15 is 0 Å². The van der Waals surface area contributed by atoms with E-state index in [2.05, 4.69) is 15.5 Å². The van der Waals surface area contributed by atoms with Crippen LogP contribution in [0.3, 0.4) is 0 Å². The highest BCUT2D eigenvalue weighted by Crippen LogP contribution is 2.27. The van der Waals surface area contributed by atoms with Crippen LogP contribution in [-0.2, 0) is 16.0 Å². The molecule has 2 aliphatic heterocycles. The number of ether oxygens (including phenoxy) is 1. The van der Waals surface area contributed by atoms with Crippen molar-refractivity contribution >= 4 is 29.5 Å². The van der Waals surface area contributed by atoms with Crippen LogP contribution in [0.1, 0.15) is 25.0 Å². The minimum absolute atomic E-state index is 0.0614. The summed E-state index contributed by atoms with van der Waals surface area (Å²) in [6.07, 6.45) is 0.111. The zero-order chi connectivity index (χ0) is 27.3. The number of nitrogens with zero attached hydrogens (tertiary/aromatic N) is 3. The number of nitrogens with one attached hydrogen (secondary N) is 2. The fourth-order valence-corrected chi connectivity index (χ4v) is 5.02. The normalized spacial score (nSPS) is 18.8. The van der Waals surface area contributed by atoms with E-state index in [0.29, 0.717) is 38.3 Å². The van der Waals surface area contributed by atoms with Gasteiger partial charge in [0.05, 0.1) is 13.1 Å². The average molecular weight is 524 g/mol. The molecule has 0 aromatic heterocycles. The fourth-order valence-electron chi connectivity index (χ4n) is 5.02. The van der Waals surface area contributed by atoms with Gasteiger partial charge in [-0.3, -0.25) is 19.5 Å². The minimum Gasteiger partial charge on any atom is -0.480 e. The Morgan fingerprint density at radius 3 is 2.32 bits per heavy atom. The summed E-state index contributed by atoms with van der Waals surface area (Å²) in [4.78, 5) is 42.0. The van der Waals surface area contributed by atoms with Crippen LogP contribution in [-0.4, -0.2) is 95.4 Å². The number of carbonyl (C=O) groups excluding carboxylic acids is 2. The predicted molar refractivity (Wildman–Crippen MR) is 146 cm³/mol. The van der Waals surface area contributed by atoms with Crippen molar-refractivity contribution in [3.05, 3.63) is 59.7 Å². The molecule has 2 heterocycles. The highest BCUT2D eigenvalue weighted by atomic mass is 16.6. The zero-order valence-electron chi connectivity index (χ0n) is 22.3. The van der Waals surface area contributed by atoms with Gasteiger partial charge in [-0.15, -0.1) is 0 Å². The lowest BCUT2D eigenvalue weighted by Gasteiger charge is -2.35. The zero-order valence-corrected chi connectivity index (χ0v) is 22.3. The fraction of sp³-hybridized carbons (Fsp3) is 0.464. The smallest absolute Gasteiger partial charge is 0.410 e. The third-order valence-electron chi connectivity index (χ3n) is 7.13. The van der Waals surface area contributed by atoms with Crippen LogP contribution < -0.4 is 10.6 Å². The third kappa shape index (κ3) is 7.23. The summed E-state index contributed by atoms with van der Waals surface area (Å²) in [7, 11) is 0. The summed E-state index contributed by atoms with van der Waals surface area (Å²) in [5, 5.41) is 14.7. The van der Waals surface area contributed by atoms with Gasteiger partial charge < -0.3 is 20.5 Å². The number of piperazine rings is 1. The van der Waals surface area contributed by atoms with E-state index in [4.69, 9.17) is 9.84 Å². The quantitative estimate of drug-likeness (QED) is 0.461. The maximum atomic E-state index is 12.7. The first-order valence-corrected chi connectivity index (χ1v) is 13.0. The molecule has 2 aromatic carbocycles. The molecule has 0 spiro atoms. The molecular weight excluding hydrogens is 486 g/mol. The Kier molecular flexibility index (Phi) is 8.53. The van der Waals surface area contributed by atoms with E-state index in [1.54, 1.807) is 4.90 Å². The predicted octanol–water partition coefficient (Wildman–Crippen LogP) is 3.48. The SMILES string of the molecule is Cc1ccccc1NC(=O)Nc1ccc(CC(C)(C)N2CC(CN3CCN(CC(=O)O)CC3)OC2=O)cc1. The van der Waals surface area contributed by atoms with Gasteiger partial charge in [0.25, 0.3) is 0 Å². The standard InChI is InChI=1S/C28H37N5O5/c1-20-6-4-5-7-24(20)30-26(36)29-22-10-8-21(9-11-22)16-28(2,3)33-18-23(38-27(33)37)17-31-12-14-32(15-13-31)19-25(34)35/h4-11,23H,12-19H2,1-3H3,(H,34,35)(H2,29,30,36). The molecule has 2 fully saturated rings. The Hall–Kier alpha value is -3.63. The number of urea groups is 1. The van der Waals surface area contributed by atoms with E-state index < -0.39 is 11.5 Å². The number of rotatable bonds is 9. The Labute approximate surface area is 223 Å². The molecule has 3 amide bonds. The molecular formula is C28H37N5O5. The number of benzene rings is 2. The van der Waals surface area contributed by atoms with E-state index in [1.165, 1.54) is 0 Å². The summed E-state index contributed by atoms with van der Waals surface area (Å²) in [5.74, 6) is -0.810. The number of carboxylic acid groups (broad SMARTS) is 1. The second-order valence-electron chi connectivity index (χ2n) is 10.7. The van der Waals surface area contributed by atoms with E-state index in [9.17, 15) is 14.4 Å². The summed E-state index contributed by atoms with van der Waals surface area (Å²) in [5.41, 5.74) is 3.02. The van der Waals surface area contributed by atoms with Crippen LogP contribution in [0.2, 0.25) is 0 Å². The van der Waals surface area contributed by atoms with Crippen molar-refractivity contribution in [1.82, 2.24) is 14.7 Å². The van der Waals surface area contributed by atoms with E-state index in [-0.39, 0.29) is 24.8 Å². The van der Waals surface area contributed by atoms with Gasteiger partial charge in [0.2, 0.25) is 0 Å². The first-order valence-electron chi connectivity index (χ1n) is 13.0. The molecule has 0 saturated carbocycles. The first-order chi connectivity index (χ1) is 18.1. The Balaban J connectivity index is 1.26. The molecule has 0 radical (unpaired) electrons. The minimum atomic E-state index is -0.810. The van der Waals surface area contributed by atoms with Crippen molar-refractivity contribution in [2.24, 2.45) is 0 Å². The van der Waals surface area contributed by atoms with Gasteiger partial charge in [-0.2, -0.15) is 0 Å². The lowest BCUT2D eigenvalue weighted by molar-refractivity contribution is -0.138. The van der Waals surface area contributed by atoms with Crippen LogP contribution in [0.25, 0.3) is 0 Å². The number of carbonyl (C=O) groups is 3. The highest BCUT2D eigenvalue weighted by Gasteiger charge is 2.41. The molecule has 1 unspecified atom stereocenters. The van der Waals surface area contributed by atoms with Crippen molar-refractivity contribution in [2.75, 3.05) is 56.4 Å². The maximum Gasteiger partial charge on any atom is 0.410 e. The second kappa shape index (κ2) is 11.8. The van der Waals surface area contributed by atoms with Crippen molar-refractivity contribution < 1.29 is 24.2 Å². The molecule has 2 saturated heterocycles. The van der Waals surface area contributed by atoms with Gasteiger partial charge in [-0.25, -0.2) is 9.59 Å². The number of aryl methyl sites for hydroxylation is 1. The van der Waals surface area contributed by atoms with Crippen LogP contribution >= 0.6 is 0 Å². The topological polar surface area (TPSA) is 114 Å². The number of cyclic esters (lactones) is 1. The molecule has 204 valence electrons. The Morgan fingerprint density at radius 2 is 1.66 bits per heavy atom. The van der Waals surface area contributed by atoms with Gasteiger partial charge in [-0.1, -0.05) is 30.3 Å². The molecule has 1 atom stereocenters. The number of para-hydroxylation sites is 1. The van der Waals surface area contributed by atoms with Gasteiger partial charge in [0.15, 0.2) is 0 Å². The molecule has 3 N–H and O–H groups in total. The Bertz CT molecular complexity index is 1140. The third-order valence-corrected chi connectivity index (χ3v) is 7.13. The first kappa shape index (κ1) is 27.4. The van der Waals surface area contributed by atoms with Crippen LogP contribution in [0, 0.1) is 6.92 Å². The number of aliphatic carboxylic acids is 1. The lowest BCUT2D eigenvalue weighted by Crippen LogP contribution is -2.50. The second-order valence-corrected chi connectivity index (χ2v) is 10.7. The number of amides is 3. The average Bonchev–Trinajstić information content (AvgIpc) is 3.23. The van der Waals surface area contributed by atoms with Gasteiger partial charge >= 0.3 is 18.1 Å². The molecule has 4 rings (SSSR count). The largest absolute Gasteiger partial charge is 0.480 e. The number of anilines is 2. The number of hydrogen-bond acceptors (Lipinski definition) is 6. The summed E-state index contributed by atoms with van der Waals surface area (Å²) in [6.45, 7) is 10.1. The maximum absolute atomic E-state index is 12.7. The molecule has 0 aliphatic carbocycles. The molecule has 2 aromatic rings. The molecule has 38 heavy (non-hydrogen) atoms. The van der Waals surface area contributed by atoms with Crippen molar-refractivity contribution in [1.29, 1.82) is 0 Å². The van der Waals surface area contributed by atoms with Crippen LogP contribution in [0.15, 0.2) is 48.5 Å². The molecule has 10 nitrogen and oxygen atoms in total. The summed E-state index contributed by atoms with van der Waals surface area (Å²) >= 11 is 0. The molecule has 2 aliphatic rings. The summed E-state index contributed by atoms with van der Waals surface area (Å²) < 4.78 is 5.70. The van der Waals surface area contributed by atoms with Crippen molar-refractivity contribution in [2.45, 2.75) is 38.8 Å². The van der Waals surface area contributed by atoms with Gasteiger partial charge in [0, 0.05) is 49.6 Å². The summed E-state index contributed by atoms with van der Waals surface area (Å²) in [6, 6.07) is 14.9. The highest BCUT2D eigenvalue weighted by molar-refractivity contribution is 6.00. The monoisotopic (exact) mass is 523 g/mol. The van der Waals surface area contributed by atoms with Crippen molar-refractivity contribution in [3.63, 3.8) is 0 Å². The Morgan fingerprint density at radius 1 is 1.00 bits per heavy atom. The lowest BCUT2D eigenvalue weighted by atomic mass is 9.93.